The van der Waals surface area contributed by atoms with E-state index in [9.17, 15) is 9.90 Å². The van der Waals surface area contributed by atoms with Gasteiger partial charge < -0.3 is 14.6 Å². The van der Waals surface area contributed by atoms with Crippen molar-refractivity contribution in [3.63, 3.8) is 0 Å². The summed E-state index contributed by atoms with van der Waals surface area (Å²) >= 11 is 0. The van der Waals surface area contributed by atoms with Gasteiger partial charge in [-0.1, -0.05) is 13.8 Å². The van der Waals surface area contributed by atoms with Crippen LogP contribution < -0.4 is 9.47 Å². The van der Waals surface area contributed by atoms with E-state index >= 15 is 0 Å². The van der Waals surface area contributed by atoms with Crippen LogP contribution in [0.5, 0.6) is 11.5 Å². The van der Waals surface area contributed by atoms with Crippen LogP contribution in [0.1, 0.15) is 32.3 Å². The summed E-state index contributed by atoms with van der Waals surface area (Å²) in [5, 5.41) is 9.50. The van der Waals surface area contributed by atoms with Crippen molar-refractivity contribution in [3.05, 3.63) is 23.8 Å². The Morgan fingerprint density at radius 2 is 1.84 bits per heavy atom. The molecule has 0 unspecified atom stereocenters. The van der Waals surface area contributed by atoms with E-state index < -0.39 is 11.4 Å². The first-order valence-corrected chi connectivity index (χ1v) is 6.47. The Labute approximate surface area is 114 Å². The molecule has 0 heterocycles. The van der Waals surface area contributed by atoms with Crippen LogP contribution in [0.25, 0.3) is 0 Å². The lowest BCUT2D eigenvalue weighted by Crippen LogP contribution is -2.32. The standard InChI is InChI=1S/C15H22O4/c1-5-15(6-2,14(16)17)10-11-9-12(18-3)7-8-13(11)19-4/h7-9H,5-6,10H2,1-4H3,(H,16,17). The van der Waals surface area contributed by atoms with Gasteiger partial charge in [0, 0.05) is 0 Å². The minimum absolute atomic E-state index is 0.440. The zero-order valence-corrected chi connectivity index (χ0v) is 12.0. The number of hydrogen-bond acceptors (Lipinski definition) is 3. The molecule has 4 heteroatoms. The van der Waals surface area contributed by atoms with Crippen molar-refractivity contribution in [2.75, 3.05) is 14.2 Å². The Morgan fingerprint density at radius 1 is 1.21 bits per heavy atom. The van der Waals surface area contributed by atoms with Crippen molar-refractivity contribution in [2.45, 2.75) is 33.1 Å². The third-order valence-electron chi connectivity index (χ3n) is 3.82. The summed E-state index contributed by atoms with van der Waals surface area (Å²) in [7, 11) is 3.18. The van der Waals surface area contributed by atoms with E-state index in [0.29, 0.717) is 30.8 Å². The number of carbonyl (C=O) groups is 1. The van der Waals surface area contributed by atoms with Crippen LogP contribution in [0, 0.1) is 5.41 Å². The average molecular weight is 266 g/mol. The van der Waals surface area contributed by atoms with Gasteiger partial charge in [-0.3, -0.25) is 4.79 Å². The fourth-order valence-corrected chi connectivity index (χ4v) is 2.26. The molecule has 0 bridgehead atoms. The molecule has 0 aromatic heterocycles. The summed E-state index contributed by atoms with van der Waals surface area (Å²) in [6.07, 6.45) is 1.61. The van der Waals surface area contributed by atoms with Crippen LogP contribution in [-0.2, 0) is 11.2 Å². The molecular weight excluding hydrogens is 244 g/mol. The summed E-state index contributed by atoms with van der Waals surface area (Å²) < 4.78 is 10.5. The molecule has 0 spiro atoms. The zero-order chi connectivity index (χ0) is 14.5. The van der Waals surface area contributed by atoms with Crippen molar-refractivity contribution >= 4 is 5.97 Å². The first-order valence-electron chi connectivity index (χ1n) is 6.47. The van der Waals surface area contributed by atoms with Crippen LogP contribution in [0.3, 0.4) is 0 Å². The largest absolute Gasteiger partial charge is 0.497 e. The second kappa shape index (κ2) is 6.45. The molecule has 1 aromatic rings. The van der Waals surface area contributed by atoms with Crippen molar-refractivity contribution in [3.8, 4) is 11.5 Å². The van der Waals surface area contributed by atoms with Gasteiger partial charge in [-0.25, -0.2) is 0 Å². The van der Waals surface area contributed by atoms with Crippen LogP contribution in [0.2, 0.25) is 0 Å². The number of ether oxygens (including phenoxy) is 2. The first-order chi connectivity index (χ1) is 9.02. The van der Waals surface area contributed by atoms with E-state index in [2.05, 4.69) is 0 Å². The van der Waals surface area contributed by atoms with Gasteiger partial charge in [0.25, 0.3) is 0 Å². The second-order valence-corrected chi connectivity index (χ2v) is 4.65. The van der Waals surface area contributed by atoms with Gasteiger partial charge in [0.1, 0.15) is 11.5 Å². The monoisotopic (exact) mass is 266 g/mol. The van der Waals surface area contributed by atoms with Crippen LogP contribution in [-0.4, -0.2) is 25.3 Å². The molecule has 0 aliphatic carbocycles. The average Bonchev–Trinajstić information content (AvgIpc) is 2.44. The Balaban J connectivity index is 3.17. The maximum atomic E-state index is 11.6. The molecule has 0 aliphatic rings. The summed E-state index contributed by atoms with van der Waals surface area (Å²) in [5.41, 5.74) is 0.118. The lowest BCUT2D eigenvalue weighted by molar-refractivity contribution is -0.149. The predicted molar refractivity (Wildman–Crippen MR) is 73.9 cm³/mol. The molecule has 0 aliphatic heterocycles. The van der Waals surface area contributed by atoms with Gasteiger partial charge in [-0.05, 0) is 43.0 Å². The van der Waals surface area contributed by atoms with Gasteiger partial charge in [0.15, 0.2) is 0 Å². The van der Waals surface area contributed by atoms with Gasteiger partial charge in [0.05, 0.1) is 19.6 Å². The van der Waals surface area contributed by atoms with Gasteiger partial charge in [-0.15, -0.1) is 0 Å². The number of carboxylic acid groups (broad SMARTS) is 1. The highest BCUT2D eigenvalue weighted by molar-refractivity contribution is 5.75. The van der Waals surface area contributed by atoms with Crippen molar-refractivity contribution in [1.82, 2.24) is 0 Å². The van der Waals surface area contributed by atoms with Crippen LogP contribution in [0.4, 0.5) is 0 Å². The van der Waals surface area contributed by atoms with E-state index in [4.69, 9.17) is 9.47 Å². The normalized spacial score (nSPS) is 11.2. The quantitative estimate of drug-likeness (QED) is 0.823. The molecule has 0 atom stereocenters. The highest BCUT2D eigenvalue weighted by Gasteiger charge is 2.35. The van der Waals surface area contributed by atoms with E-state index in [1.165, 1.54) is 0 Å². The number of carboxylic acids is 1. The van der Waals surface area contributed by atoms with E-state index in [1.54, 1.807) is 14.2 Å². The van der Waals surface area contributed by atoms with Crippen molar-refractivity contribution in [1.29, 1.82) is 0 Å². The predicted octanol–water partition coefficient (Wildman–Crippen LogP) is 3.14. The molecule has 0 saturated heterocycles. The Hall–Kier alpha value is -1.71. The molecule has 1 N–H and O–H groups in total. The molecule has 0 radical (unpaired) electrons. The Bertz CT molecular complexity index is 436. The summed E-state index contributed by atoms with van der Waals surface area (Å²) in [4.78, 5) is 11.6. The minimum Gasteiger partial charge on any atom is -0.497 e. The summed E-state index contributed by atoms with van der Waals surface area (Å²) in [6, 6.07) is 5.47. The fourth-order valence-electron chi connectivity index (χ4n) is 2.26. The van der Waals surface area contributed by atoms with E-state index in [-0.39, 0.29) is 0 Å². The zero-order valence-electron chi connectivity index (χ0n) is 12.0. The lowest BCUT2D eigenvalue weighted by atomic mass is 9.77. The van der Waals surface area contributed by atoms with Crippen molar-refractivity contribution in [2.24, 2.45) is 5.41 Å². The molecule has 106 valence electrons. The van der Waals surface area contributed by atoms with Crippen LogP contribution >= 0.6 is 0 Å². The van der Waals surface area contributed by atoms with Gasteiger partial charge >= 0.3 is 5.97 Å². The smallest absolute Gasteiger partial charge is 0.309 e. The summed E-state index contributed by atoms with van der Waals surface area (Å²) in [6.45, 7) is 3.81. The molecule has 19 heavy (non-hydrogen) atoms. The lowest BCUT2D eigenvalue weighted by Gasteiger charge is -2.27. The number of hydrogen-bond donors (Lipinski definition) is 1. The Morgan fingerprint density at radius 3 is 2.26 bits per heavy atom. The number of benzene rings is 1. The second-order valence-electron chi connectivity index (χ2n) is 4.65. The Kier molecular flexibility index (Phi) is 5.21. The topological polar surface area (TPSA) is 55.8 Å². The maximum absolute atomic E-state index is 11.6. The molecule has 4 nitrogen and oxygen atoms in total. The number of rotatable bonds is 7. The van der Waals surface area contributed by atoms with E-state index in [1.807, 2.05) is 32.0 Å². The van der Waals surface area contributed by atoms with Gasteiger partial charge in [-0.2, -0.15) is 0 Å². The highest BCUT2D eigenvalue weighted by atomic mass is 16.5. The molecular formula is C15H22O4. The molecule has 1 aromatic carbocycles. The third kappa shape index (κ3) is 3.19. The summed E-state index contributed by atoms with van der Waals surface area (Å²) in [5.74, 6) is 0.651. The third-order valence-corrected chi connectivity index (χ3v) is 3.82. The SMILES string of the molecule is CCC(CC)(Cc1cc(OC)ccc1OC)C(=O)O. The molecule has 0 amide bonds. The molecule has 0 saturated carbocycles. The first kappa shape index (κ1) is 15.3. The number of aliphatic carboxylic acids is 1. The highest BCUT2D eigenvalue weighted by Crippen LogP contribution is 2.36. The van der Waals surface area contributed by atoms with E-state index in [0.717, 1.165) is 5.56 Å². The fraction of sp³-hybridized carbons (Fsp3) is 0.533. The molecule has 1 rings (SSSR count). The number of methoxy groups -OCH3 is 2. The minimum atomic E-state index is -0.762. The van der Waals surface area contributed by atoms with Crippen LogP contribution in [0.15, 0.2) is 18.2 Å². The van der Waals surface area contributed by atoms with Gasteiger partial charge in [0.2, 0.25) is 0 Å². The van der Waals surface area contributed by atoms with Crippen molar-refractivity contribution < 1.29 is 19.4 Å². The molecule has 0 fully saturated rings. The maximum Gasteiger partial charge on any atom is 0.309 e.